The average Bonchev–Trinajstić information content (AvgIpc) is 3.55. The molecule has 1 fully saturated rings. The molecule has 34 heavy (non-hydrogen) atoms. The lowest BCUT2D eigenvalue weighted by Crippen LogP contribution is -2.39. The Hall–Kier alpha value is -4.73. The fourth-order valence-corrected chi connectivity index (χ4v) is 4.48. The lowest BCUT2D eigenvalue weighted by Gasteiger charge is -2.22. The van der Waals surface area contributed by atoms with E-state index in [4.69, 9.17) is 9.47 Å². The molecule has 3 aromatic carbocycles. The van der Waals surface area contributed by atoms with Crippen LogP contribution in [0, 0.1) is 16.0 Å². The highest BCUT2D eigenvalue weighted by atomic mass is 16.7. The largest absolute Gasteiger partial charge is 0.454 e. The first-order valence-corrected chi connectivity index (χ1v) is 10.5. The summed E-state index contributed by atoms with van der Waals surface area (Å²) in [5, 5.41) is 17.3. The van der Waals surface area contributed by atoms with Gasteiger partial charge in [-0.2, -0.15) is 5.10 Å². The van der Waals surface area contributed by atoms with Gasteiger partial charge in [-0.05, 0) is 42.0 Å². The molecule has 0 saturated carbocycles. The molecule has 2 amide bonds. The predicted octanol–water partition coefficient (Wildman–Crippen LogP) is 3.11. The van der Waals surface area contributed by atoms with Crippen LogP contribution in [0.1, 0.15) is 5.56 Å². The van der Waals surface area contributed by atoms with Crippen molar-refractivity contribution in [3.8, 4) is 11.5 Å². The SMILES string of the molecule is O=C1[C@@H]2C(c3ccc([N+](=O)[O-])cc3)=NN(c3ccccc3)[C@@H]2C(=O)N1c1ccc2c(c1)OCO2. The van der Waals surface area contributed by atoms with Crippen molar-refractivity contribution in [2.45, 2.75) is 6.04 Å². The van der Waals surface area contributed by atoms with Gasteiger partial charge in [0, 0.05) is 18.2 Å². The Morgan fingerprint density at radius 1 is 0.882 bits per heavy atom. The van der Waals surface area contributed by atoms with Crippen molar-refractivity contribution in [3.63, 3.8) is 0 Å². The number of fused-ring (bicyclic) bond motifs is 2. The molecule has 0 N–H and O–H groups in total. The Bertz CT molecular complexity index is 1370. The number of non-ortho nitro benzene ring substituents is 1. The number of benzene rings is 3. The zero-order valence-corrected chi connectivity index (χ0v) is 17.5. The minimum absolute atomic E-state index is 0.0741. The van der Waals surface area contributed by atoms with Gasteiger partial charge in [0.05, 0.1) is 22.0 Å². The zero-order valence-electron chi connectivity index (χ0n) is 17.5. The van der Waals surface area contributed by atoms with Gasteiger partial charge in [0.1, 0.15) is 12.0 Å². The van der Waals surface area contributed by atoms with Crippen LogP contribution in [0.25, 0.3) is 0 Å². The van der Waals surface area contributed by atoms with Gasteiger partial charge >= 0.3 is 0 Å². The number of anilines is 2. The highest BCUT2D eigenvalue weighted by Crippen LogP contribution is 2.42. The summed E-state index contributed by atoms with van der Waals surface area (Å²) in [6, 6.07) is 18.9. The summed E-state index contributed by atoms with van der Waals surface area (Å²) in [6.07, 6.45) is 0. The molecule has 0 unspecified atom stereocenters. The molecule has 3 heterocycles. The van der Waals surface area contributed by atoms with E-state index in [1.54, 1.807) is 47.5 Å². The van der Waals surface area contributed by atoms with E-state index in [9.17, 15) is 19.7 Å². The maximum atomic E-state index is 13.7. The van der Waals surface area contributed by atoms with Crippen LogP contribution >= 0.6 is 0 Å². The van der Waals surface area contributed by atoms with Crippen LogP contribution in [0.15, 0.2) is 77.9 Å². The molecular weight excluding hydrogens is 440 g/mol. The number of carbonyl (C=O) groups excluding carboxylic acids is 2. The smallest absolute Gasteiger partial charge is 0.269 e. The van der Waals surface area contributed by atoms with Crippen LogP contribution in [0.5, 0.6) is 11.5 Å². The van der Waals surface area contributed by atoms with Gasteiger partial charge in [0.15, 0.2) is 11.5 Å². The molecule has 10 heteroatoms. The highest BCUT2D eigenvalue weighted by Gasteiger charge is 2.57. The molecule has 10 nitrogen and oxygen atoms in total. The lowest BCUT2D eigenvalue weighted by molar-refractivity contribution is -0.384. The van der Waals surface area contributed by atoms with Gasteiger partial charge in [-0.1, -0.05) is 18.2 Å². The molecule has 0 radical (unpaired) electrons. The fraction of sp³-hybridized carbons (Fsp3) is 0.125. The van der Waals surface area contributed by atoms with Crippen molar-refractivity contribution in [2.24, 2.45) is 11.0 Å². The summed E-state index contributed by atoms with van der Waals surface area (Å²) in [5.41, 5.74) is 1.88. The quantitative estimate of drug-likeness (QED) is 0.337. The van der Waals surface area contributed by atoms with E-state index in [0.29, 0.717) is 34.1 Å². The summed E-state index contributed by atoms with van der Waals surface area (Å²) in [5.74, 6) is -0.719. The van der Waals surface area contributed by atoms with E-state index < -0.39 is 28.7 Å². The average molecular weight is 456 g/mol. The van der Waals surface area contributed by atoms with Crippen LogP contribution in [0.2, 0.25) is 0 Å². The van der Waals surface area contributed by atoms with Crippen molar-refractivity contribution < 1.29 is 24.0 Å². The molecule has 3 aromatic rings. The van der Waals surface area contributed by atoms with Crippen LogP contribution in [0.3, 0.4) is 0 Å². The third kappa shape index (κ3) is 2.92. The van der Waals surface area contributed by atoms with Crippen LogP contribution in [-0.2, 0) is 9.59 Å². The minimum atomic E-state index is -0.884. The van der Waals surface area contributed by atoms with Gasteiger partial charge in [-0.25, -0.2) is 4.90 Å². The van der Waals surface area contributed by atoms with Crippen LogP contribution in [-0.4, -0.2) is 35.3 Å². The molecule has 168 valence electrons. The normalized spacial score (nSPS) is 20.5. The van der Waals surface area contributed by atoms with Crippen molar-refractivity contribution in [3.05, 3.63) is 88.5 Å². The summed E-state index contributed by atoms with van der Waals surface area (Å²) in [7, 11) is 0. The van der Waals surface area contributed by atoms with E-state index >= 15 is 0 Å². The standard InChI is InChI=1S/C24H16N4O6/c29-23-20-21(14-6-8-16(9-7-14)28(31)32)25-27(15-4-2-1-3-5-15)22(20)24(30)26(23)17-10-11-18-19(12-17)34-13-33-18/h1-12,20,22H,13H2/t20-,22+/m1/s1. The molecule has 1 saturated heterocycles. The van der Waals surface area contributed by atoms with Gasteiger partial charge in [-0.3, -0.25) is 24.7 Å². The molecule has 0 aliphatic carbocycles. The summed E-state index contributed by atoms with van der Waals surface area (Å²) in [4.78, 5) is 39.0. The lowest BCUT2D eigenvalue weighted by atomic mass is 9.92. The third-order valence-electron chi connectivity index (χ3n) is 6.06. The third-order valence-corrected chi connectivity index (χ3v) is 6.06. The number of hydrazone groups is 1. The molecule has 3 aliphatic heterocycles. The number of nitro benzene ring substituents is 1. The number of hydrogen-bond donors (Lipinski definition) is 0. The van der Waals surface area contributed by atoms with Crippen LogP contribution in [0.4, 0.5) is 17.1 Å². The zero-order chi connectivity index (χ0) is 23.4. The first kappa shape index (κ1) is 19.9. The predicted molar refractivity (Wildman–Crippen MR) is 121 cm³/mol. The van der Waals surface area contributed by atoms with E-state index in [1.807, 2.05) is 18.2 Å². The molecule has 0 spiro atoms. The number of hydrogen-bond acceptors (Lipinski definition) is 8. The molecule has 6 rings (SSSR count). The van der Waals surface area contributed by atoms with Gasteiger partial charge in [-0.15, -0.1) is 0 Å². The molecule has 2 atom stereocenters. The van der Waals surface area contributed by atoms with E-state index in [1.165, 1.54) is 12.1 Å². The Labute approximate surface area is 192 Å². The Morgan fingerprint density at radius 2 is 1.62 bits per heavy atom. The van der Waals surface area contributed by atoms with Crippen molar-refractivity contribution in [2.75, 3.05) is 16.7 Å². The second kappa shape index (κ2) is 7.41. The molecule has 0 bridgehead atoms. The number of para-hydroxylation sites is 1. The number of amides is 2. The van der Waals surface area contributed by atoms with E-state index in [2.05, 4.69) is 5.10 Å². The van der Waals surface area contributed by atoms with Crippen molar-refractivity contribution in [1.82, 2.24) is 0 Å². The summed E-state index contributed by atoms with van der Waals surface area (Å²) in [6.45, 7) is 0.0741. The minimum Gasteiger partial charge on any atom is -0.454 e. The maximum absolute atomic E-state index is 13.7. The van der Waals surface area contributed by atoms with E-state index in [0.717, 1.165) is 4.90 Å². The van der Waals surface area contributed by atoms with Crippen molar-refractivity contribution in [1.29, 1.82) is 0 Å². The first-order chi connectivity index (χ1) is 16.5. The highest BCUT2D eigenvalue weighted by molar-refractivity contribution is 6.34. The first-order valence-electron chi connectivity index (χ1n) is 10.5. The Balaban J connectivity index is 1.44. The Kier molecular flexibility index (Phi) is 4.34. The fourth-order valence-electron chi connectivity index (χ4n) is 4.48. The molecular formula is C24H16N4O6. The topological polar surface area (TPSA) is 115 Å². The monoisotopic (exact) mass is 456 g/mol. The number of imide groups is 1. The second-order valence-corrected chi connectivity index (χ2v) is 7.94. The maximum Gasteiger partial charge on any atom is 0.269 e. The van der Waals surface area contributed by atoms with Gasteiger partial charge < -0.3 is 9.47 Å². The number of nitrogens with zero attached hydrogens (tertiary/aromatic N) is 4. The van der Waals surface area contributed by atoms with Crippen molar-refractivity contribution >= 4 is 34.6 Å². The number of rotatable bonds is 4. The Morgan fingerprint density at radius 3 is 2.35 bits per heavy atom. The molecule has 0 aromatic heterocycles. The summed E-state index contributed by atoms with van der Waals surface area (Å²) >= 11 is 0. The number of ether oxygens (including phenoxy) is 2. The van der Waals surface area contributed by atoms with Gasteiger partial charge in [0.2, 0.25) is 12.7 Å². The van der Waals surface area contributed by atoms with E-state index in [-0.39, 0.29) is 12.5 Å². The summed E-state index contributed by atoms with van der Waals surface area (Å²) < 4.78 is 10.7. The number of nitro groups is 1. The van der Waals surface area contributed by atoms with Gasteiger partial charge in [0.25, 0.3) is 11.6 Å². The number of carbonyl (C=O) groups is 2. The van der Waals surface area contributed by atoms with Crippen LogP contribution < -0.4 is 19.4 Å². The molecule has 3 aliphatic rings. The second-order valence-electron chi connectivity index (χ2n) is 7.94.